The van der Waals surface area contributed by atoms with E-state index in [1.54, 1.807) is 0 Å². The molecule has 13 heteroatoms. The topological polar surface area (TPSA) is 219 Å². The normalized spacial score (nSPS) is 16.4. The van der Waals surface area contributed by atoms with Crippen LogP contribution in [0, 0.1) is 0 Å². The maximum atomic E-state index is 12.3. The number of hydrogen-bond donors (Lipinski definition) is 4. The summed E-state index contributed by atoms with van der Waals surface area (Å²) in [5.41, 5.74) is 22.5. The molecule has 35 heavy (non-hydrogen) atoms. The van der Waals surface area contributed by atoms with Gasteiger partial charge in [-0.25, -0.2) is 19.2 Å². The second-order valence-corrected chi connectivity index (χ2v) is 7.98. The third-order valence-corrected chi connectivity index (χ3v) is 3.40. The van der Waals surface area contributed by atoms with Gasteiger partial charge < -0.3 is 41.9 Å². The fraction of sp³-hybridized carbons (Fsp3) is 0.455. The molecular weight excluding hydrogens is 464 g/mol. The summed E-state index contributed by atoms with van der Waals surface area (Å²) in [5, 5.41) is 0. The van der Waals surface area contributed by atoms with E-state index < -0.39 is 48.7 Å². The van der Waals surface area contributed by atoms with Gasteiger partial charge in [0.2, 0.25) is 11.6 Å². The number of rotatable bonds is 12. The van der Waals surface area contributed by atoms with Gasteiger partial charge in [-0.2, -0.15) is 0 Å². The van der Waals surface area contributed by atoms with Crippen LogP contribution in [0.2, 0.25) is 0 Å². The van der Waals surface area contributed by atoms with Crippen LogP contribution in [0.3, 0.4) is 0 Å². The highest BCUT2D eigenvalue weighted by Gasteiger charge is 2.43. The minimum absolute atomic E-state index is 0.117. The van der Waals surface area contributed by atoms with E-state index >= 15 is 0 Å². The zero-order valence-corrected chi connectivity index (χ0v) is 20.7. The smallest absolute Gasteiger partial charge is 0.335 e. The monoisotopic (exact) mass is 498 g/mol. The van der Waals surface area contributed by atoms with Crippen molar-refractivity contribution in [3.63, 3.8) is 0 Å². The van der Waals surface area contributed by atoms with E-state index in [1.807, 2.05) is 0 Å². The second kappa shape index (κ2) is 13.6. The third-order valence-electron chi connectivity index (χ3n) is 3.40. The molecule has 0 spiro atoms. The summed E-state index contributed by atoms with van der Waals surface area (Å²) in [4.78, 5) is 48.4. The van der Waals surface area contributed by atoms with Gasteiger partial charge in [-0.3, -0.25) is 4.74 Å². The molecular formula is C22H34N4O9. The van der Waals surface area contributed by atoms with Crippen LogP contribution >= 0.6 is 0 Å². The van der Waals surface area contributed by atoms with E-state index in [4.69, 9.17) is 46.6 Å². The molecule has 2 unspecified atom stereocenters. The highest BCUT2D eigenvalue weighted by Crippen LogP contribution is 2.26. The van der Waals surface area contributed by atoms with Crippen LogP contribution in [0.5, 0.6) is 0 Å². The predicted molar refractivity (Wildman–Crippen MR) is 124 cm³/mol. The van der Waals surface area contributed by atoms with E-state index in [0.717, 1.165) is 24.3 Å². The Balaban J connectivity index is 6.10. The maximum absolute atomic E-state index is 12.3. The molecule has 0 aromatic carbocycles. The van der Waals surface area contributed by atoms with E-state index in [-0.39, 0.29) is 22.8 Å². The average molecular weight is 499 g/mol. The molecule has 0 fully saturated rings. The molecule has 0 aliphatic heterocycles. The molecule has 0 bridgehead atoms. The van der Waals surface area contributed by atoms with Gasteiger partial charge in [-0.05, 0) is 27.7 Å². The number of allylic oxidation sites excluding steroid dienone is 4. The van der Waals surface area contributed by atoms with Gasteiger partial charge >= 0.3 is 23.9 Å². The summed E-state index contributed by atoms with van der Waals surface area (Å²) in [7, 11) is 0. The van der Waals surface area contributed by atoms with Gasteiger partial charge in [0.05, 0.1) is 0 Å². The van der Waals surface area contributed by atoms with Crippen LogP contribution in [0.15, 0.2) is 47.1 Å². The van der Waals surface area contributed by atoms with Gasteiger partial charge in [0.25, 0.3) is 0 Å². The average Bonchev–Trinajstić information content (AvgIpc) is 2.62. The van der Waals surface area contributed by atoms with Crippen LogP contribution in [0.25, 0.3) is 0 Å². The molecule has 0 amide bonds. The quantitative estimate of drug-likeness (QED) is 0.121. The SMILES string of the molecule is C/C(N)=C/C(=O)OCC(C)(OC(=O)/C=C(/C)N)OC(C)(COC(=O)/C=C(/C)N)OC(=O)/C=C(/C)N. The van der Waals surface area contributed by atoms with Crippen molar-refractivity contribution in [2.75, 3.05) is 13.2 Å². The maximum Gasteiger partial charge on any atom is 0.335 e. The molecule has 0 heterocycles. The first kappa shape index (κ1) is 31.0. The number of carbonyl (C=O) groups is 4. The lowest BCUT2D eigenvalue weighted by Gasteiger charge is -2.37. The van der Waals surface area contributed by atoms with Gasteiger partial charge in [0.15, 0.2) is 13.2 Å². The van der Waals surface area contributed by atoms with Crippen molar-refractivity contribution in [2.45, 2.75) is 53.1 Å². The lowest BCUT2D eigenvalue weighted by Crippen LogP contribution is -2.51. The summed E-state index contributed by atoms with van der Waals surface area (Å²) in [6.07, 6.45) is 3.88. The number of hydrogen-bond acceptors (Lipinski definition) is 13. The second-order valence-electron chi connectivity index (χ2n) is 7.98. The minimum atomic E-state index is -2.06. The van der Waals surface area contributed by atoms with Crippen LogP contribution in [-0.4, -0.2) is 48.7 Å². The number of esters is 4. The number of ether oxygens (including phenoxy) is 5. The molecule has 13 nitrogen and oxygen atoms in total. The first-order valence-corrected chi connectivity index (χ1v) is 10.2. The molecule has 0 saturated heterocycles. The first-order chi connectivity index (χ1) is 15.9. The highest BCUT2D eigenvalue weighted by molar-refractivity contribution is 5.84. The molecule has 0 radical (unpaired) electrons. The van der Waals surface area contributed by atoms with E-state index in [1.165, 1.54) is 41.5 Å². The summed E-state index contributed by atoms with van der Waals surface area (Å²) < 4.78 is 26.4. The number of nitrogens with two attached hydrogens (primary N) is 4. The van der Waals surface area contributed by atoms with Crippen molar-refractivity contribution in [2.24, 2.45) is 22.9 Å². The summed E-state index contributed by atoms with van der Waals surface area (Å²) in [6.45, 7) is 6.89. The van der Waals surface area contributed by atoms with Crippen molar-refractivity contribution in [3.8, 4) is 0 Å². The fourth-order valence-electron chi connectivity index (χ4n) is 2.33. The third kappa shape index (κ3) is 14.7. The molecule has 0 saturated carbocycles. The first-order valence-electron chi connectivity index (χ1n) is 10.2. The molecule has 0 aliphatic rings. The Kier molecular flexibility index (Phi) is 12.1. The van der Waals surface area contributed by atoms with Crippen molar-refractivity contribution in [1.82, 2.24) is 0 Å². The van der Waals surface area contributed by atoms with E-state index in [2.05, 4.69) is 0 Å². The fourth-order valence-corrected chi connectivity index (χ4v) is 2.33. The van der Waals surface area contributed by atoms with E-state index in [9.17, 15) is 19.2 Å². The number of carbonyl (C=O) groups excluding carboxylic acids is 4. The van der Waals surface area contributed by atoms with Gasteiger partial charge in [-0.1, -0.05) is 0 Å². The zero-order chi connectivity index (χ0) is 27.4. The lowest BCUT2D eigenvalue weighted by atomic mass is 10.2. The molecule has 8 N–H and O–H groups in total. The Morgan fingerprint density at radius 1 is 0.571 bits per heavy atom. The molecule has 196 valence electrons. The van der Waals surface area contributed by atoms with Crippen LogP contribution in [0.1, 0.15) is 41.5 Å². The minimum Gasteiger partial charge on any atom is -0.455 e. The lowest BCUT2D eigenvalue weighted by molar-refractivity contribution is -0.340. The van der Waals surface area contributed by atoms with Crippen molar-refractivity contribution in [3.05, 3.63) is 47.1 Å². The Hall–Kier alpha value is -4.00. The predicted octanol–water partition coefficient (Wildman–Crippen LogP) is 0.0582. The Morgan fingerprint density at radius 3 is 1.09 bits per heavy atom. The van der Waals surface area contributed by atoms with Crippen LogP contribution < -0.4 is 22.9 Å². The Morgan fingerprint density at radius 2 is 0.829 bits per heavy atom. The summed E-state index contributed by atoms with van der Waals surface area (Å²) >= 11 is 0. The standard InChI is InChI=1S/C22H34N4O9/c1-13(23)7-17(27)31-11-21(5,33-19(29)9-15(3)25)35-22(6,34-20(30)10-16(4)26)12-32-18(28)8-14(2)24/h7-10H,11-12,23-26H2,1-6H3/b13-7-,14-8-,15-9-,16-10-. The van der Waals surface area contributed by atoms with Crippen molar-refractivity contribution >= 4 is 23.9 Å². The highest BCUT2D eigenvalue weighted by atomic mass is 16.8. The van der Waals surface area contributed by atoms with Gasteiger partial charge in [0, 0.05) is 60.9 Å². The summed E-state index contributed by atoms with van der Waals surface area (Å²) in [5.74, 6) is -7.76. The Bertz CT molecular complexity index is 849. The molecule has 2 atom stereocenters. The summed E-state index contributed by atoms with van der Waals surface area (Å²) in [6, 6.07) is 0. The van der Waals surface area contributed by atoms with Gasteiger partial charge in [-0.15, -0.1) is 0 Å². The van der Waals surface area contributed by atoms with E-state index in [0.29, 0.717) is 0 Å². The zero-order valence-electron chi connectivity index (χ0n) is 20.7. The van der Waals surface area contributed by atoms with Crippen LogP contribution in [-0.2, 0) is 42.9 Å². The van der Waals surface area contributed by atoms with Crippen LogP contribution in [0.4, 0.5) is 0 Å². The molecule has 0 aromatic heterocycles. The molecule has 0 rings (SSSR count). The van der Waals surface area contributed by atoms with Crippen molar-refractivity contribution < 1.29 is 42.9 Å². The largest absolute Gasteiger partial charge is 0.455 e. The Labute approximate surface area is 203 Å². The van der Waals surface area contributed by atoms with Gasteiger partial charge in [0.1, 0.15) is 0 Å². The molecule has 0 aliphatic carbocycles. The van der Waals surface area contributed by atoms with Crippen molar-refractivity contribution in [1.29, 1.82) is 0 Å². The molecule has 0 aromatic rings.